The van der Waals surface area contributed by atoms with Gasteiger partial charge in [-0.25, -0.2) is 0 Å². The van der Waals surface area contributed by atoms with Gasteiger partial charge in [-0.2, -0.15) is 0 Å². The molecule has 172 valence electrons. The van der Waals surface area contributed by atoms with Gasteiger partial charge in [0, 0.05) is 0 Å². The lowest BCUT2D eigenvalue weighted by atomic mass is 9.82. The van der Waals surface area contributed by atoms with Crippen LogP contribution in [0.1, 0.15) is 118 Å². The van der Waals surface area contributed by atoms with E-state index in [1.165, 1.54) is 33.1 Å². The lowest BCUT2D eigenvalue weighted by Gasteiger charge is -2.28. The largest absolute Gasteiger partial charge is 0.0848 e. The summed E-state index contributed by atoms with van der Waals surface area (Å²) in [5.74, 6) is 1.57. The van der Waals surface area contributed by atoms with Gasteiger partial charge in [0.1, 0.15) is 0 Å². The smallest absolute Gasteiger partial charge is 0.0103 e. The van der Waals surface area contributed by atoms with E-state index < -0.39 is 0 Å². The summed E-state index contributed by atoms with van der Waals surface area (Å²) in [5, 5.41) is 3.66. The average molecular weight is 457 g/mol. The van der Waals surface area contributed by atoms with E-state index in [-0.39, 0.29) is 5.16 Å². The fourth-order valence-electron chi connectivity index (χ4n) is 4.05. The van der Waals surface area contributed by atoms with E-state index in [9.17, 15) is 0 Å². The minimum Gasteiger partial charge on any atom is -0.0848 e. The zero-order valence-electron chi connectivity index (χ0n) is 22.1. The van der Waals surface area contributed by atoms with Crippen molar-refractivity contribution in [1.82, 2.24) is 0 Å². The summed E-state index contributed by atoms with van der Waals surface area (Å²) in [6, 6.07) is 12.4. The highest BCUT2D eigenvalue weighted by Gasteiger charge is 2.23. The molecule has 0 amide bonds. The molecule has 0 saturated heterocycles. The van der Waals surface area contributed by atoms with E-state index in [4.69, 9.17) is 0 Å². The van der Waals surface area contributed by atoms with Crippen LogP contribution < -0.4 is 10.6 Å². The normalized spacial score (nSPS) is 13.8. The summed E-state index contributed by atoms with van der Waals surface area (Å²) >= 11 is 0. The fourth-order valence-corrected chi connectivity index (χ4v) is 6.82. The first-order valence-corrected chi connectivity index (χ1v) is 14.0. The molecule has 31 heavy (non-hydrogen) atoms. The SMILES string of the molecule is CC(C)c1cc(C(C)C)c(-c2ccc(PC(C)(C)C)cc2PC(C)(C)C)c(C(C)C)c1. The summed E-state index contributed by atoms with van der Waals surface area (Å²) in [7, 11) is 1.63. The van der Waals surface area contributed by atoms with Gasteiger partial charge in [0.15, 0.2) is 0 Å². The van der Waals surface area contributed by atoms with Crippen molar-refractivity contribution in [2.45, 2.75) is 111 Å². The van der Waals surface area contributed by atoms with Crippen LogP contribution in [0.2, 0.25) is 0 Å². The molecule has 0 heterocycles. The molecule has 0 N–H and O–H groups in total. The summed E-state index contributed by atoms with van der Waals surface area (Å²) in [6.45, 7) is 28.2. The zero-order valence-corrected chi connectivity index (χ0v) is 24.1. The molecule has 0 spiro atoms. The first-order chi connectivity index (χ1) is 14.1. The van der Waals surface area contributed by atoms with Crippen molar-refractivity contribution in [3.63, 3.8) is 0 Å². The molecule has 2 unspecified atom stereocenters. The van der Waals surface area contributed by atoms with E-state index in [2.05, 4.69) is 113 Å². The third-order valence-corrected chi connectivity index (χ3v) is 8.23. The van der Waals surface area contributed by atoms with Crippen LogP contribution in [0, 0.1) is 0 Å². The van der Waals surface area contributed by atoms with Crippen molar-refractivity contribution in [2.75, 3.05) is 0 Å². The number of rotatable bonds is 6. The molecule has 2 heteroatoms. The van der Waals surface area contributed by atoms with Crippen LogP contribution in [0.4, 0.5) is 0 Å². The molecule has 0 radical (unpaired) electrons. The maximum Gasteiger partial charge on any atom is -0.0103 e. The first kappa shape index (κ1) is 26.6. The van der Waals surface area contributed by atoms with Gasteiger partial charge in [0.2, 0.25) is 0 Å². The Hall–Kier alpha value is -0.700. The molecule has 0 aliphatic carbocycles. The van der Waals surface area contributed by atoms with Crippen LogP contribution in [-0.2, 0) is 0 Å². The van der Waals surface area contributed by atoms with Gasteiger partial charge in [-0.15, -0.1) is 0 Å². The molecule has 0 saturated carbocycles. The molecule has 2 aromatic carbocycles. The third kappa shape index (κ3) is 7.41. The molecule has 0 nitrogen and oxygen atoms in total. The van der Waals surface area contributed by atoms with Gasteiger partial charge < -0.3 is 0 Å². The second kappa shape index (κ2) is 10.1. The van der Waals surface area contributed by atoms with Gasteiger partial charge in [0.25, 0.3) is 0 Å². The zero-order chi connectivity index (χ0) is 23.7. The maximum atomic E-state index is 2.54. The number of hydrogen-bond donors (Lipinski definition) is 0. The molecule has 0 aliphatic rings. The Balaban J connectivity index is 2.84. The van der Waals surface area contributed by atoms with E-state index in [0.717, 1.165) is 17.2 Å². The Morgan fingerprint density at radius 1 is 0.613 bits per heavy atom. The summed E-state index contributed by atoms with van der Waals surface area (Å²) in [6.07, 6.45) is 0. The van der Waals surface area contributed by atoms with Crippen LogP contribution in [-0.4, -0.2) is 10.3 Å². The van der Waals surface area contributed by atoms with Crippen LogP contribution in [0.5, 0.6) is 0 Å². The Labute approximate surface area is 197 Å². The minimum absolute atomic E-state index is 0.284. The Bertz CT molecular complexity index is 861. The summed E-state index contributed by atoms with van der Waals surface area (Å²) in [5.41, 5.74) is 7.48. The lowest BCUT2D eigenvalue weighted by molar-refractivity contribution is 0.799. The molecule has 2 atom stereocenters. The Morgan fingerprint density at radius 2 is 1.10 bits per heavy atom. The van der Waals surface area contributed by atoms with E-state index in [1.54, 1.807) is 5.30 Å². The molecule has 2 rings (SSSR count). The maximum absolute atomic E-state index is 2.54. The molecule has 0 bridgehead atoms. The standard InChI is InChI=1S/C29H46P2/c1-18(2)21-15-24(19(3)4)27(25(16-21)20(5)6)23-14-13-22(30-28(7,8)9)17-26(23)31-29(10,11)12/h13-20,30-31H,1-12H3. The van der Waals surface area contributed by atoms with Crippen molar-refractivity contribution < 1.29 is 0 Å². The van der Waals surface area contributed by atoms with Crippen molar-refractivity contribution in [1.29, 1.82) is 0 Å². The van der Waals surface area contributed by atoms with Gasteiger partial charge >= 0.3 is 0 Å². The van der Waals surface area contributed by atoms with Gasteiger partial charge in [-0.3, -0.25) is 0 Å². The van der Waals surface area contributed by atoms with E-state index >= 15 is 0 Å². The van der Waals surface area contributed by atoms with Crippen molar-refractivity contribution >= 4 is 27.8 Å². The van der Waals surface area contributed by atoms with Crippen LogP contribution in [0.15, 0.2) is 30.3 Å². The average Bonchev–Trinajstić information content (AvgIpc) is 2.58. The van der Waals surface area contributed by atoms with Crippen LogP contribution in [0.25, 0.3) is 11.1 Å². The van der Waals surface area contributed by atoms with Gasteiger partial charge in [0.05, 0.1) is 0 Å². The molecule has 2 aromatic rings. The highest BCUT2D eigenvalue weighted by atomic mass is 31.1. The second-order valence-electron chi connectivity index (χ2n) is 12.0. The second-order valence-corrected chi connectivity index (χ2v) is 16.7. The van der Waals surface area contributed by atoms with Crippen molar-refractivity contribution in [3.05, 3.63) is 47.0 Å². The van der Waals surface area contributed by atoms with Crippen molar-refractivity contribution in [2.24, 2.45) is 0 Å². The Kier molecular flexibility index (Phi) is 8.62. The minimum atomic E-state index is 0.284. The monoisotopic (exact) mass is 456 g/mol. The summed E-state index contributed by atoms with van der Waals surface area (Å²) < 4.78 is 0. The molecule has 0 aliphatic heterocycles. The van der Waals surface area contributed by atoms with Crippen LogP contribution >= 0.6 is 17.2 Å². The molecular formula is C29H46P2. The molecule has 0 fully saturated rings. The van der Waals surface area contributed by atoms with E-state index in [0.29, 0.717) is 22.9 Å². The first-order valence-electron chi connectivity index (χ1n) is 12.0. The number of hydrogen-bond acceptors (Lipinski definition) is 0. The molecular weight excluding hydrogens is 410 g/mol. The fraction of sp³-hybridized carbons (Fsp3) is 0.586. The van der Waals surface area contributed by atoms with E-state index in [1.807, 2.05) is 0 Å². The van der Waals surface area contributed by atoms with Gasteiger partial charge in [-0.05, 0) is 72.6 Å². The lowest BCUT2D eigenvalue weighted by Crippen LogP contribution is -2.19. The third-order valence-electron chi connectivity index (χ3n) is 5.45. The predicted octanol–water partition coefficient (Wildman–Crippen LogP) is 8.93. The quantitative estimate of drug-likeness (QED) is 0.381. The highest BCUT2D eigenvalue weighted by Crippen LogP contribution is 2.42. The van der Waals surface area contributed by atoms with Crippen molar-refractivity contribution in [3.8, 4) is 11.1 Å². The Morgan fingerprint density at radius 3 is 1.48 bits per heavy atom. The molecule has 0 aromatic heterocycles. The summed E-state index contributed by atoms with van der Waals surface area (Å²) in [4.78, 5) is 0. The topological polar surface area (TPSA) is 0 Å². The van der Waals surface area contributed by atoms with Gasteiger partial charge in [-0.1, -0.05) is 125 Å². The highest BCUT2D eigenvalue weighted by molar-refractivity contribution is 7.50. The number of benzene rings is 2. The van der Waals surface area contributed by atoms with Crippen LogP contribution in [0.3, 0.4) is 0 Å². The predicted molar refractivity (Wildman–Crippen MR) is 150 cm³/mol.